The summed E-state index contributed by atoms with van der Waals surface area (Å²) in [6, 6.07) is 3.68. The standard InChI is InChI=1S/C12H4Cl5FN2O/c13-4-1-2-5(18)6(3-4)19-12(21)10-8(15)7(14)9(16)11(17)20-10/h1-3H,(H,19,21). The Labute approximate surface area is 143 Å². The van der Waals surface area contributed by atoms with Gasteiger partial charge in [-0.3, -0.25) is 4.79 Å². The molecule has 110 valence electrons. The number of carbonyl (C=O) groups is 1. The largest absolute Gasteiger partial charge is 0.318 e. The van der Waals surface area contributed by atoms with Gasteiger partial charge in [0.2, 0.25) is 0 Å². The first-order valence-electron chi connectivity index (χ1n) is 5.27. The Morgan fingerprint density at radius 2 is 1.71 bits per heavy atom. The number of hydrogen-bond donors (Lipinski definition) is 1. The summed E-state index contributed by atoms with van der Waals surface area (Å²) < 4.78 is 13.6. The Morgan fingerprint density at radius 1 is 1.05 bits per heavy atom. The number of hydrogen-bond acceptors (Lipinski definition) is 2. The summed E-state index contributed by atoms with van der Waals surface area (Å²) in [5, 5.41) is 1.95. The van der Waals surface area contributed by atoms with Crippen LogP contribution in [-0.4, -0.2) is 10.9 Å². The third-order valence-corrected chi connectivity index (χ3v) is 4.29. The fraction of sp³-hybridized carbons (Fsp3) is 0. The molecule has 1 aromatic carbocycles. The second-order valence-electron chi connectivity index (χ2n) is 3.77. The third kappa shape index (κ3) is 3.52. The van der Waals surface area contributed by atoms with Crippen LogP contribution in [0.2, 0.25) is 25.2 Å². The molecule has 1 N–H and O–H groups in total. The number of anilines is 1. The number of amides is 1. The molecule has 0 saturated carbocycles. The molecule has 21 heavy (non-hydrogen) atoms. The summed E-state index contributed by atoms with van der Waals surface area (Å²) >= 11 is 28.9. The molecule has 1 heterocycles. The van der Waals surface area contributed by atoms with Gasteiger partial charge in [0.25, 0.3) is 5.91 Å². The minimum atomic E-state index is -0.804. The van der Waals surface area contributed by atoms with E-state index in [2.05, 4.69) is 10.3 Å². The number of rotatable bonds is 2. The van der Waals surface area contributed by atoms with Crippen LogP contribution in [0.4, 0.5) is 10.1 Å². The Morgan fingerprint density at radius 3 is 2.38 bits per heavy atom. The maximum Gasteiger partial charge on any atom is 0.276 e. The maximum absolute atomic E-state index is 13.6. The molecular formula is C12H4Cl5FN2O. The Bertz CT molecular complexity index is 738. The Hall–Kier alpha value is -0.780. The van der Waals surface area contributed by atoms with E-state index in [1.54, 1.807) is 0 Å². The van der Waals surface area contributed by atoms with Crippen LogP contribution < -0.4 is 5.32 Å². The summed E-state index contributed by atoms with van der Waals surface area (Å²) in [7, 11) is 0. The van der Waals surface area contributed by atoms with E-state index in [1.807, 2.05) is 0 Å². The average molecular weight is 388 g/mol. The lowest BCUT2D eigenvalue weighted by molar-refractivity contribution is 0.102. The van der Waals surface area contributed by atoms with Gasteiger partial charge in [-0.2, -0.15) is 0 Å². The van der Waals surface area contributed by atoms with Crippen molar-refractivity contribution in [3.05, 3.63) is 55.0 Å². The Balaban J connectivity index is 2.40. The monoisotopic (exact) mass is 386 g/mol. The molecule has 0 saturated heterocycles. The smallest absolute Gasteiger partial charge is 0.276 e. The first-order chi connectivity index (χ1) is 9.81. The van der Waals surface area contributed by atoms with Gasteiger partial charge in [0.1, 0.15) is 16.7 Å². The molecule has 1 amide bonds. The number of nitrogens with zero attached hydrogens (tertiary/aromatic N) is 1. The van der Waals surface area contributed by atoms with E-state index in [0.29, 0.717) is 0 Å². The summed E-state index contributed by atoms with van der Waals surface area (Å²) in [6.45, 7) is 0. The summed E-state index contributed by atoms with van der Waals surface area (Å²) in [4.78, 5) is 15.8. The third-order valence-electron chi connectivity index (χ3n) is 2.38. The van der Waals surface area contributed by atoms with E-state index in [0.717, 1.165) is 6.07 Å². The molecule has 0 spiro atoms. The molecule has 1 aromatic heterocycles. The molecule has 0 fully saturated rings. The van der Waals surface area contributed by atoms with Gasteiger partial charge in [-0.25, -0.2) is 9.37 Å². The Kier molecular flexibility index (Phi) is 5.17. The van der Waals surface area contributed by atoms with Gasteiger partial charge in [-0.15, -0.1) is 0 Å². The zero-order valence-corrected chi connectivity index (χ0v) is 13.6. The minimum absolute atomic E-state index is 0.0752. The molecule has 0 unspecified atom stereocenters. The minimum Gasteiger partial charge on any atom is -0.318 e. The molecule has 0 atom stereocenters. The van der Waals surface area contributed by atoms with Gasteiger partial charge >= 0.3 is 0 Å². The van der Waals surface area contributed by atoms with E-state index < -0.39 is 11.7 Å². The molecule has 0 radical (unpaired) electrons. The molecular weight excluding hydrogens is 384 g/mol. The highest BCUT2D eigenvalue weighted by atomic mass is 35.5. The highest BCUT2D eigenvalue weighted by Gasteiger charge is 2.21. The number of benzene rings is 1. The second-order valence-corrected chi connectivity index (χ2v) is 5.70. The molecule has 2 rings (SSSR count). The van der Waals surface area contributed by atoms with Crippen molar-refractivity contribution in [1.29, 1.82) is 0 Å². The zero-order valence-electron chi connectivity index (χ0n) is 9.86. The number of halogens is 6. The zero-order chi connectivity index (χ0) is 15.7. The lowest BCUT2D eigenvalue weighted by Gasteiger charge is -2.09. The van der Waals surface area contributed by atoms with Gasteiger partial charge in [0, 0.05) is 5.02 Å². The number of pyridine rings is 1. The van der Waals surface area contributed by atoms with Gasteiger partial charge in [0.15, 0.2) is 0 Å². The predicted octanol–water partition coefficient (Wildman–Crippen LogP) is 5.74. The number of aromatic nitrogens is 1. The molecule has 0 aliphatic rings. The number of nitrogens with one attached hydrogen (secondary N) is 1. The summed E-state index contributed by atoms with van der Waals surface area (Å²) in [5.41, 5.74) is -0.414. The van der Waals surface area contributed by atoms with Crippen molar-refractivity contribution in [2.75, 3.05) is 5.32 Å². The van der Waals surface area contributed by atoms with Crippen molar-refractivity contribution >= 4 is 69.6 Å². The van der Waals surface area contributed by atoms with Gasteiger partial charge < -0.3 is 5.32 Å². The summed E-state index contributed by atoms with van der Waals surface area (Å²) in [5.74, 6) is -1.48. The fourth-order valence-electron chi connectivity index (χ4n) is 1.41. The predicted molar refractivity (Wildman–Crippen MR) is 83.6 cm³/mol. The molecule has 0 aliphatic heterocycles. The van der Waals surface area contributed by atoms with Crippen molar-refractivity contribution in [1.82, 2.24) is 4.98 Å². The van der Waals surface area contributed by atoms with Crippen molar-refractivity contribution < 1.29 is 9.18 Å². The van der Waals surface area contributed by atoms with Crippen LogP contribution in [-0.2, 0) is 0 Å². The average Bonchev–Trinajstić information content (AvgIpc) is 2.44. The van der Waals surface area contributed by atoms with E-state index in [9.17, 15) is 9.18 Å². The SMILES string of the molecule is O=C(Nc1cc(Cl)ccc1F)c1nc(Cl)c(Cl)c(Cl)c1Cl. The van der Waals surface area contributed by atoms with Crippen LogP contribution >= 0.6 is 58.0 Å². The van der Waals surface area contributed by atoms with Crippen LogP contribution in [0.25, 0.3) is 0 Å². The van der Waals surface area contributed by atoms with Gasteiger partial charge in [0.05, 0.1) is 20.8 Å². The molecule has 3 nitrogen and oxygen atoms in total. The summed E-state index contributed by atoms with van der Waals surface area (Å²) in [6.07, 6.45) is 0. The van der Waals surface area contributed by atoms with Crippen molar-refractivity contribution in [3.8, 4) is 0 Å². The quantitative estimate of drug-likeness (QED) is 0.667. The van der Waals surface area contributed by atoms with Crippen LogP contribution in [0.1, 0.15) is 10.5 Å². The van der Waals surface area contributed by atoms with Crippen LogP contribution in [0, 0.1) is 5.82 Å². The van der Waals surface area contributed by atoms with Crippen LogP contribution in [0.15, 0.2) is 18.2 Å². The highest BCUT2D eigenvalue weighted by molar-refractivity contribution is 6.52. The van der Waals surface area contributed by atoms with Crippen molar-refractivity contribution in [2.24, 2.45) is 0 Å². The van der Waals surface area contributed by atoms with E-state index >= 15 is 0 Å². The topological polar surface area (TPSA) is 42.0 Å². The maximum atomic E-state index is 13.6. The fourth-order valence-corrected chi connectivity index (χ4v) is 2.40. The van der Waals surface area contributed by atoms with Gasteiger partial charge in [-0.1, -0.05) is 58.0 Å². The molecule has 0 bridgehead atoms. The molecule has 9 heteroatoms. The van der Waals surface area contributed by atoms with Crippen LogP contribution in [0.3, 0.4) is 0 Å². The first-order valence-corrected chi connectivity index (χ1v) is 7.16. The molecule has 0 aliphatic carbocycles. The number of carbonyl (C=O) groups excluding carboxylic acids is 1. The van der Waals surface area contributed by atoms with E-state index in [1.165, 1.54) is 12.1 Å². The molecule has 2 aromatic rings. The van der Waals surface area contributed by atoms with Gasteiger partial charge in [-0.05, 0) is 18.2 Å². The van der Waals surface area contributed by atoms with Crippen LogP contribution in [0.5, 0.6) is 0 Å². The van der Waals surface area contributed by atoms with Crippen molar-refractivity contribution in [2.45, 2.75) is 0 Å². The van der Waals surface area contributed by atoms with E-state index in [4.69, 9.17) is 58.0 Å². The lowest BCUT2D eigenvalue weighted by atomic mass is 10.2. The van der Waals surface area contributed by atoms with E-state index in [-0.39, 0.29) is 36.6 Å². The normalized spacial score (nSPS) is 10.6. The highest BCUT2D eigenvalue weighted by Crippen LogP contribution is 2.36. The lowest BCUT2D eigenvalue weighted by Crippen LogP contribution is -2.15. The second kappa shape index (κ2) is 6.55. The van der Waals surface area contributed by atoms with Crippen molar-refractivity contribution in [3.63, 3.8) is 0 Å². The first kappa shape index (κ1) is 16.6.